The van der Waals surface area contributed by atoms with Crippen molar-refractivity contribution in [3.63, 3.8) is 0 Å². The second-order valence-corrected chi connectivity index (χ2v) is 16.3. The molecule has 0 aliphatic rings. The van der Waals surface area contributed by atoms with Gasteiger partial charge in [0.15, 0.2) is 6.10 Å². The van der Waals surface area contributed by atoms with E-state index in [1.165, 1.54) is 96.3 Å². The zero-order valence-electron chi connectivity index (χ0n) is 39.5. The molecule has 0 N–H and O–H groups in total. The van der Waals surface area contributed by atoms with Crippen LogP contribution < -0.4 is 0 Å². The molecule has 5 nitrogen and oxygen atoms in total. The molecule has 1 atom stereocenters. The Bertz CT molecular complexity index is 1130. The summed E-state index contributed by atoms with van der Waals surface area (Å²) >= 11 is 0. The fraction of sp³-hybridized carbons (Fsp3) is 0.709. The Morgan fingerprint density at radius 3 is 1.22 bits per heavy atom. The van der Waals surface area contributed by atoms with Crippen LogP contribution in [0.1, 0.15) is 226 Å². The number of carbonyl (C=O) groups is 2. The molecule has 5 heteroatoms. The Labute approximate surface area is 371 Å². The average molecular weight is 835 g/mol. The summed E-state index contributed by atoms with van der Waals surface area (Å²) in [7, 11) is 0. The van der Waals surface area contributed by atoms with Crippen LogP contribution in [0.15, 0.2) is 85.1 Å². The fourth-order valence-electron chi connectivity index (χ4n) is 6.64. The molecule has 344 valence electrons. The van der Waals surface area contributed by atoms with Gasteiger partial charge in [0, 0.05) is 19.4 Å². The lowest BCUT2D eigenvalue weighted by Crippen LogP contribution is -2.30. The van der Waals surface area contributed by atoms with Crippen molar-refractivity contribution in [1.82, 2.24) is 0 Å². The third kappa shape index (κ3) is 47.8. The zero-order valence-corrected chi connectivity index (χ0v) is 39.5. The quantitative estimate of drug-likeness (QED) is 0.0347. The normalized spacial score (nSPS) is 12.9. The number of carbonyl (C=O) groups excluding carboxylic acids is 2. The highest BCUT2D eigenvalue weighted by atomic mass is 16.6. The van der Waals surface area contributed by atoms with E-state index in [1.54, 1.807) is 0 Å². The minimum atomic E-state index is -0.566. The van der Waals surface area contributed by atoms with Gasteiger partial charge >= 0.3 is 11.9 Å². The summed E-state index contributed by atoms with van der Waals surface area (Å²) in [6, 6.07) is 0. The lowest BCUT2D eigenvalue weighted by Gasteiger charge is -2.18. The highest BCUT2D eigenvalue weighted by molar-refractivity contribution is 5.70. The van der Waals surface area contributed by atoms with Crippen LogP contribution in [0, 0.1) is 0 Å². The smallest absolute Gasteiger partial charge is 0.306 e. The number of esters is 2. The van der Waals surface area contributed by atoms with Crippen LogP contribution in [0.4, 0.5) is 0 Å². The monoisotopic (exact) mass is 835 g/mol. The van der Waals surface area contributed by atoms with E-state index in [-0.39, 0.29) is 25.2 Å². The maximum atomic E-state index is 12.8. The first kappa shape index (κ1) is 57.1. The maximum absolute atomic E-state index is 12.8. The van der Waals surface area contributed by atoms with Gasteiger partial charge < -0.3 is 14.2 Å². The number of unbranched alkanes of at least 4 members (excludes halogenated alkanes) is 20. The van der Waals surface area contributed by atoms with Gasteiger partial charge in [0.25, 0.3) is 0 Å². The molecule has 0 saturated carbocycles. The van der Waals surface area contributed by atoms with Crippen LogP contribution in [-0.2, 0) is 23.8 Å². The van der Waals surface area contributed by atoms with E-state index in [2.05, 4.69) is 106 Å². The van der Waals surface area contributed by atoms with Crippen molar-refractivity contribution in [3.05, 3.63) is 85.1 Å². The van der Waals surface area contributed by atoms with E-state index in [1.807, 2.05) is 0 Å². The Hall–Kier alpha value is -2.92. The lowest BCUT2D eigenvalue weighted by molar-refractivity contribution is -0.163. The van der Waals surface area contributed by atoms with Crippen molar-refractivity contribution < 1.29 is 23.8 Å². The number of ether oxygens (including phenoxy) is 3. The Kier molecular flexibility index (Phi) is 48.0. The van der Waals surface area contributed by atoms with Gasteiger partial charge in [0.1, 0.15) is 6.61 Å². The van der Waals surface area contributed by atoms with Gasteiger partial charge in [0.2, 0.25) is 0 Å². The molecule has 0 bridgehead atoms. The van der Waals surface area contributed by atoms with Gasteiger partial charge in [-0.15, -0.1) is 0 Å². The first-order valence-corrected chi connectivity index (χ1v) is 25.1. The van der Waals surface area contributed by atoms with Gasteiger partial charge in [-0.25, -0.2) is 0 Å². The van der Waals surface area contributed by atoms with Crippen LogP contribution in [0.2, 0.25) is 0 Å². The van der Waals surface area contributed by atoms with Gasteiger partial charge in [-0.3, -0.25) is 9.59 Å². The van der Waals surface area contributed by atoms with Crippen molar-refractivity contribution in [2.24, 2.45) is 0 Å². The molecule has 0 radical (unpaired) electrons. The van der Waals surface area contributed by atoms with E-state index in [4.69, 9.17) is 14.2 Å². The fourth-order valence-corrected chi connectivity index (χ4v) is 6.64. The molecule has 0 fully saturated rings. The molecule has 0 spiro atoms. The van der Waals surface area contributed by atoms with Gasteiger partial charge in [-0.2, -0.15) is 0 Å². The summed E-state index contributed by atoms with van der Waals surface area (Å²) in [6.07, 6.45) is 65.8. The highest BCUT2D eigenvalue weighted by Gasteiger charge is 2.17. The zero-order chi connectivity index (χ0) is 43.5. The van der Waals surface area contributed by atoms with Crippen LogP contribution >= 0.6 is 0 Å². The summed E-state index contributed by atoms with van der Waals surface area (Å²) in [4.78, 5) is 25.3. The van der Waals surface area contributed by atoms with Crippen molar-refractivity contribution in [2.75, 3.05) is 19.8 Å². The summed E-state index contributed by atoms with van der Waals surface area (Å²) in [5.41, 5.74) is 0. The SMILES string of the molecule is CC/C=C\C/C=C\C/C=C\CCCCCC(=O)OC(COCCCCCCCC/C=C\C/C=C\CCCCC)COC(=O)CCCCCCC/C=C\C/C=C\CCCCC. The first-order chi connectivity index (χ1) is 29.6. The second kappa shape index (κ2) is 50.4. The molecule has 0 saturated heterocycles. The molecular formula is C55H94O5. The molecule has 0 aromatic carbocycles. The maximum Gasteiger partial charge on any atom is 0.306 e. The summed E-state index contributed by atoms with van der Waals surface area (Å²) in [5, 5.41) is 0. The minimum absolute atomic E-state index is 0.0582. The predicted molar refractivity (Wildman–Crippen MR) is 260 cm³/mol. The van der Waals surface area contributed by atoms with Crippen molar-refractivity contribution in [3.8, 4) is 0 Å². The molecule has 0 amide bonds. The minimum Gasteiger partial charge on any atom is -0.462 e. The number of rotatable bonds is 45. The molecule has 0 heterocycles. The summed E-state index contributed by atoms with van der Waals surface area (Å²) in [5.74, 6) is -0.455. The molecule has 0 aliphatic carbocycles. The van der Waals surface area contributed by atoms with Crippen LogP contribution in [0.3, 0.4) is 0 Å². The highest BCUT2D eigenvalue weighted by Crippen LogP contribution is 2.12. The van der Waals surface area contributed by atoms with Gasteiger partial charge in [0.05, 0.1) is 6.61 Å². The largest absolute Gasteiger partial charge is 0.462 e. The summed E-state index contributed by atoms with van der Waals surface area (Å²) in [6.45, 7) is 7.59. The molecular weight excluding hydrogens is 741 g/mol. The van der Waals surface area contributed by atoms with E-state index in [0.717, 1.165) is 96.3 Å². The third-order valence-corrected chi connectivity index (χ3v) is 10.4. The Morgan fingerprint density at radius 2 is 0.750 bits per heavy atom. The molecule has 0 aromatic rings. The molecule has 60 heavy (non-hydrogen) atoms. The lowest BCUT2D eigenvalue weighted by atomic mass is 10.1. The van der Waals surface area contributed by atoms with Crippen molar-refractivity contribution >= 4 is 11.9 Å². The third-order valence-electron chi connectivity index (χ3n) is 10.4. The Balaban J connectivity index is 4.36. The van der Waals surface area contributed by atoms with Gasteiger partial charge in [-0.05, 0) is 116 Å². The second-order valence-electron chi connectivity index (χ2n) is 16.3. The number of hydrogen-bond acceptors (Lipinski definition) is 5. The van der Waals surface area contributed by atoms with E-state index in [9.17, 15) is 9.59 Å². The Morgan fingerprint density at radius 1 is 0.383 bits per heavy atom. The number of allylic oxidation sites excluding steroid dienone is 14. The van der Waals surface area contributed by atoms with Crippen LogP contribution in [-0.4, -0.2) is 37.9 Å². The van der Waals surface area contributed by atoms with Crippen LogP contribution in [0.5, 0.6) is 0 Å². The van der Waals surface area contributed by atoms with Crippen molar-refractivity contribution in [1.29, 1.82) is 0 Å². The topological polar surface area (TPSA) is 61.8 Å². The standard InChI is InChI=1S/C55H94O5/c1-4-7-10-13-16-19-22-25-27-29-32-35-38-41-44-47-50-58-51-53(60-55(57)49-46-43-40-37-34-30-24-21-18-15-12-9-6-3)52-59-54(56)48-45-42-39-36-33-31-28-26-23-20-17-14-11-8-5-2/h9,12,16-21,25-28,30,34,53H,4-8,10-11,13-15,22-24,29,31-33,35-52H2,1-3H3/b12-9-,19-16-,20-17-,21-18-,27-25-,28-26-,34-30-. The summed E-state index contributed by atoms with van der Waals surface area (Å²) < 4.78 is 17.3. The predicted octanol–water partition coefficient (Wildman–Crippen LogP) is 16.9. The molecule has 0 rings (SSSR count). The number of hydrogen-bond donors (Lipinski definition) is 0. The van der Waals surface area contributed by atoms with Gasteiger partial charge in [-0.1, -0.05) is 183 Å². The van der Waals surface area contributed by atoms with E-state index < -0.39 is 6.10 Å². The van der Waals surface area contributed by atoms with Crippen molar-refractivity contribution in [2.45, 2.75) is 232 Å². The van der Waals surface area contributed by atoms with Crippen LogP contribution in [0.25, 0.3) is 0 Å². The van der Waals surface area contributed by atoms with E-state index in [0.29, 0.717) is 19.4 Å². The first-order valence-electron chi connectivity index (χ1n) is 25.1. The molecule has 1 unspecified atom stereocenters. The average Bonchev–Trinajstić information content (AvgIpc) is 3.25. The van der Waals surface area contributed by atoms with E-state index >= 15 is 0 Å². The molecule has 0 aromatic heterocycles. The molecule has 0 aliphatic heterocycles.